The van der Waals surface area contributed by atoms with Crippen LogP contribution in [0.25, 0.3) is 22.2 Å². The van der Waals surface area contributed by atoms with Crippen molar-refractivity contribution in [3.63, 3.8) is 0 Å². The summed E-state index contributed by atoms with van der Waals surface area (Å²) >= 11 is 0. The summed E-state index contributed by atoms with van der Waals surface area (Å²) in [5, 5.41) is 14.6. The number of hydrogen-bond donors (Lipinski definition) is 1. The Morgan fingerprint density at radius 1 is 0.938 bits per heavy atom. The fourth-order valence-corrected chi connectivity index (χ4v) is 3.43. The highest BCUT2D eigenvalue weighted by molar-refractivity contribution is 6.13. The summed E-state index contributed by atoms with van der Waals surface area (Å²) < 4.78 is 10.7. The number of hydrogen-bond acceptors (Lipinski definition) is 6. The van der Waals surface area contributed by atoms with Gasteiger partial charge in [-0.15, -0.1) is 0 Å². The molecule has 32 heavy (non-hydrogen) atoms. The average molecular weight is 429 g/mol. The Morgan fingerprint density at radius 2 is 1.66 bits per heavy atom. The lowest BCUT2D eigenvalue weighted by molar-refractivity contribution is -0.383. The molecule has 0 radical (unpaired) electrons. The van der Waals surface area contributed by atoms with Crippen LogP contribution in [0.1, 0.15) is 10.4 Å². The molecule has 3 aromatic carbocycles. The third-order valence-corrected chi connectivity index (χ3v) is 4.99. The summed E-state index contributed by atoms with van der Waals surface area (Å²) in [6, 6.07) is 20.3. The van der Waals surface area contributed by atoms with Crippen LogP contribution in [-0.4, -0.2) is 30.0 Å². The number of nitrogens with one attached hydrogen (secondary N) is 1. The van der Waals surface area contributed by atoms with E-state index < -0.39 is 10.8 Å². The van der Waals surface area contributed by atoms with E-state index in [1.807, 2.05) is 18.2 Å². The number of benzene rings is 3. The van der Waals surface area contributed by atoms with Gasteiger partial charge in [0.15, 0.2) is 11.5 Å². The Hall–Kier alpha value is -4.46. The van der Waals surface area contributed by atoms with Crippen LogP contribution >= 0.6 is 0 Å². The molecule has 0 saturated carbocycles. The number of carbonyl (C=O) groups is 1. The van der Waals surface area contributed by atoms with E-state index in [9.17, 15) is 14.9 Å². The minimum atomic E-state index is -0.532. The highest BCUT2D eigenvalue weighted by atomic mass is 16.6. The van der Waals surface area contributed by atoms with Gasteiger partial charge in [-0.2, -0.15) is 0 Å². The van der Waals surface area contributed by atoms with E-state index in [2.05, 4.69) is 10.3 Å². The van der Waals surface area contributed by atoms with Gasteiger partial charge in [-0.05, 0) is 36.4 Å². The van der Waals surface area contributed by atoms with E-state index in [-0.39, 0.29) is 11.4 Å². The first-order chi connectivity index (χ1) is 15.5. The number of aromatic nitrogens is 1. The van der Waals surface area contributed by atoms with Gasteiger partial charge in [-0.1, -0.05) is 30.3 Å². The fourth-order valence-electron chi connectivity index (χ4n) is 3.43. The fraction of sp³-hybridized carbons (Fsp3) is 0.0833. The van der Waals surface area contributed by atoms with Gasteiger partial charge < -0.3 is 14.8 Å². The second-order valence-corrected chi connectivity index (χ2v) is 6.87. The molecule has 4 rings (SSSR count). The van der Waals surface area contributed by atoms with Gasteiger partial charge in [0.2, 0.25) is 0 Å². The molecule has 0 saturated heterocycles. The van der Waals surface area contributed by atoms with Crippen molar-refractivity contribution < 1.29 is 19.2 Å². The second-order valence-electron chi connectivity index (χ2n) is 6.87. The molecule has 0 fully saturated rings. The first-order valence-electron chi connectivity index (χ1n) is 9.68. The molecule has 1 amide bonds. The number of ether oxygens (including phenoxy) is 2. The molecule has 4 aromatic rings. The average Bonchev–Trinajstić information content (AvgIpc) is 2.83. The number of pyridine rings is 1. The van der Waals surface area contributed by atoms with E-state index in [0.717, 1.165) is 5.56 Å². The smallest absolute Gasteiger partial charge is 0.292 e. The van der Waals surface area contributed by atoms with Crippen molar-refractivity contribution in [2.75, 3.05) is 19.5 Å². The van der Waals surface area contributed by atoms with Crippen molar-refractivity contribution in [3.05, 3.63) is 88.5 Å². The minimum Gasteiger partial charge on any atom is -0.493 e. The molecule has 0 aliphatic carbocycles. The first kappa shape index (κ1) is 20.8. The summed E-state index contributed by atoms with van der Waals surface area (Å²) in [5.74, 6) is 0.636. The largest absolute Gasteiger partial charge is 0.493 e. The van der Waals surface area contributed by atoms with Crippen molar-refractivity contribution in [2.24, 2.45) is 0 Å². The molecule has 0 spiro atoms. The molecule has 8 heteroatoms. The van der Waals surface area contributed by atoms with E-state index in [4.69, 9.17) is 9.47 Å². The predicted molar refractivity (Wildman–Crippen MR) is 121 cm³/mol. The number of nitro groups is 1. The minimum absolute atomic E-state index is 0.121. The number of amides is 1. The van der Waals surface area contributed by atoms with Gasteiger partial charge in [0.1, 0.15) is 5.69 Å². The number of anilines is 1. The molecule has 160 valence electrons. The van der Waals surface area contributed by atoms with Gasteiger partial charge in [0, 0.05) is 17.0 Å². The van der Waals surface area contributed by atoms with Crippen LogP contribution in [-0.2, 0) is 0 Å². The Morgan fingerprint density at radius 3 is 2.41 bits per heavy atom. The second kappa shape index (κ2) is 8.73. The lowest BCUT2D eigenvalue weighted by Crippen LogP contribution is -2.14. The Balaban J connectivity index is 1.82. The maximum atomic E-state index is 13.2. The molecule has 8 nitrogen and oxygen atoms in total. The van der Waals surface area contributed by atoms with Crippen LogP contribution in [0.2, 0.25) is 0 Å². The predicted octanol–water partition coefficient (Wildman–Crippen LogP) is 5.08. The number of carbonyl (C=O) groups excluding carboxylic acids is 1. The number of para-hydroxylation sites is 3. The topological polar surface area (TPSA) is 104 Å². The Labute approximate surface area is 183 Å². The summed E-state index contributed by atoms with van der Waals surface area (Å²) in [6.07, 6.45) is 0. The molecular weight excluding hydrogens is 410 g/mol. The molecule has 0 aliphatic rings. The Kier molecular flexibility index (Phi) is 5.67. The number of fused-ring (bicyclic) bond motifs is 1. The summed E-state index contributed by atoms with van der Waals surface area (Å²) in [7, 11) is 3.10. The van der Waals surface area contributed by atoms with Crippen LogP contribution in [0, 0.1) is 10.1 Å². The normalized spacial score (nSPS) is 10.6. The number of methoxy groups -OCH3 is 2. The van der Waals surface area contributed by atoms with E-state index in [1.54, 1.807) is 56.7 Å². The SMILES string of the molecule is COc1ccc(-c2cc(C(=O)Nc3ccccc3[N+](=O)[O-])c3ccccc3n2)cc1OC. The van der Waals surface area contributed by atoms with Gasteiger partial charge in [0.05, 0.1) is 35.9 Å². The van der Waals surface area contributed by atoms with Gasteiger partial charge in [-0.25, -0.2) is 4.98 Å². The van der Waals surface area contributed by atoms with E-state index >= 15 is 0 Å². The monoisotopic (exact) mass is 429 g/mol. The van der Waals surface area contributed by atoms with Crippen LogP contribution in [0.4, 0.5) is 11.4 Å². The zero-order chi connectivity index (χ0) is 22.7. The van der Waals surface area contributed by atoms with Crippen LogP contribution < -0.4 is 14.8 Å². The van der Waals surface area contributed by atoms with Crippen molar-refractivity contribution in [3.8, 4) is 22.8 Å². The Bertz CT molecular complexity index is 1340. The van der Waals surface area contributed by atoms with Gasteiger partial charge in [0.25, 0.3) is 11.6 Å². The molecule has 0 unspecified atom stereocenters. The van der Waals surface area contributed by atoms with Crippen molar-refractivity contribution >= 4 is 28.2 Å². The lowest BCUT2D eigenvalue weighted by Gasteiger charge is -2.12. The van der Waals surface area contributed by atoms with Gasteiger partial charge >= 0.3 is 0 Å². The summed E-state index contributed by atoms with van der Waals surface area (Å²) in [4.78, 5) is 28.7. The van der Waals surface area contributed by atoms with E-state index in [1.165, 1.54) is 12.1 Å². The summed E-state index contributed by atoms with van der Waals surface area (Å²) in [6.45, 7) is 0. The zero-order valence-electron chi connectivity index (χ0n) is 17.4. The van der Waals surface area contributed by atoms with Crippen LogP contribution in [0.15, 0.2) is 72.8 Å². The highest BCUT2D eigenvalue weighted by Crippen LogP contribution is 2.33. The standard InChI is InChI=1S/C24H19N3O5/c1-31-22-12-11-15(13-23(22)32-2)20-14-17(16-7-3-4-8-18(16)25-20)24(28)26-19-9-5-6-10-21(19)27(29)30/h3-14H,1-2H3,(H,26,28). The van der Waals surface area contributed by atoms with Crippen molar-refractivity contribution in [1.29, 1.82) is 0 Å². The lowest BCUT2D eigenvalue weighted by atomic mass is 10.0. The number of nitrogens with zero attached hydrogens (tertiary/aromatic N) is 2. The maximum Gasteiger partial charge on any atom is 0.292 e. The molecule has 0 aliphatic heterocycles. The molecular formula is C24H19N3O5. The molecule has 1 N–H and O–H groups in total. The molecule has 0 bridgehead atoms. The quantitative estimate of drug-likeness (QED) is 0.339. The van der Waals surface area contributed by atoms with Crippen molar-refractivity contribution in [2.45, 2.75) is 0 Å². The molecule has 1 heterocycles. The number of nitro benzene ring substituents is 1. The van der Waals surface area contributed by atoms with Crippen LogP contribution in [0.5, 0.6) is 11.5 Å². The van der Waals surface area contributed by atoms with Gasteiger partial charge in [-0.3, -0.25) is 14.9 Å². The first-order valence-corrected chi connectivity index (χ1v) is 9.68. The number of rotatable bonds is 6. The van der Waals surface area contributed by atoms with Crippen LogP contribution in [0.3, 0.4) is 0 Å². The zero-order valence-corrected chi connectivity index (χ0v) is 17.4. The molecule has 0 atom stereocenters. The maximum absolute atomic E-state index is 13.2. The third kappa shape index (κ3) is 3.93. The molecule has 1 aromatic heterocycles. The highest BCUT2D eigenvalue weighted by Gasteiger charge is 2.19. The third-order valence-electron chi connectivity index (χ3n) is 4.99. The summed E-state index contributed by atoms with van der Waals surface area (Å²) in [5.41, 5.74) is 2.19. The van der Waals surface area contributed by atoms with Crippen molar-refractivity contribution in [1.82, 2.24) is 4.98 Å². The van der Waals surface area contributed by atoms with E-state index in [0.29, 0.717) is 33.7 Å².